The Bertz CT molecular complexity index is 1010. The molecule has 0 bridgehead atoms. The van der Waals surface area contributed by atoms with E-state index >= 15 is 0 Å². The fraction of sp³-hybridized carbons (Fsp3) is 0.0952. The van der Waals surface area contributed by atoms with Crippen molar-refractivity contribution in [2.75, 3.05) is 7.11 Å². The molecule has 0 atom stereocenters. The van der Waals surface area contributed by atoms with Gasteiger partial charge in [-0.1, -0.05) is 41.9 Å². The predicted octanol–water partition coefficient (Wildman–Crippen LogP) is 4.08. The van der Waals surface area contributed by atoms with Gasteiger partial charge < -0.3 is 9.15 Å². The average molecular weight is 397 g/mol. The molecule has 0 unspecified atom stereocenters. The van der Waals surface area contributed by atoms with Gasteiger partial charge >= 0.3 is 5.97 Å². The van der Waals surface area contributed by atoms with Gasteiger partial charge in [-0.3, -0.25) is 4.79 Å². The van der Waals surface area contributed by atoms with Crippen molar-refractivity contribution in [3.05, 3.63) is 82.6 Å². The molecule has 0 aliphatic carbocycles. The molecule has 0 aliphatic heterocycles. The smallest absolute Gasteiger partial charge is 0.337 e. The summed E-state index contributed by atoms with van der Waals surface area (Å²) in [5, 5.41) is 4.33. The van der Waals surface area contributed by atoms with Crippen molar-refractivity contribution in [2.45, 2.75) is 6.42 Å². The molecule has 0 saturated carbocycles. The molecule has 0 aliphatic rings. The summed E-state index contributed by atoms with van der Waals surface area (Å²) in [5.74, 6) is 0.192. The lowest BCUT2D eigenvalue weighted by Gasteiger charge is -2.04. The van der Waals surface area contributed by atoms with Crippen molar-refractivity contribution in [2.24, 2.45) is 5.10 Å². The van der Waals surface area contributed by atoms with Crippen molar-refractivity contribution in [3.63, 3.8) is 0 Å². The van der Waals surface area contributed by atoms with E-state index < -0.39 is 5.97 Å². The number of hydrogen-bond donors (Lipinski definition) is 1. The number of esters is 1. The van der Waals surface area contributed by atoms with E-state index in [1.165, 1.54) is 13.3 Å². The van der Waals surface area contributed by atoms with Crippen LogP contribution in [0.2, 0.25) is 5.02 Å². The fourth-order valence-corrected chi connectivity index (χ4v) is 2.73. The quantitative estimate of drug-likeness (QED) is 0.386. The normalized spacial score (nSPS) is 10.8. The van der Waals surface area contributed by atoms with Gasteiger partial charge in [-0.05, 0) is 35.9 Å². The van der Waals surface area contributed by atoms with Gasteiger partial charge in [-0.15, -0.1) is 0 Å². The zero-order valence-electron chi connectivity index (χ0n) is 15.0. The molecule has 0 fully saturated rings. The van der Waals surface area contributed by atoms with E-state index in [9.17, 15) is 9.59 Å². The lowest BCUT2D eigenvalue weighted by Crippen LogP contribution is -2.19. The van der Waals surface area contributed by atoms with Gasteiger partial charge in [0.25, 0.3) is 0 Å². The first-order valence-electron chi connectivity index (χ1n) is 8.40. The minimum atomic E-state index is -0.465. The molecule has 2 aromatic carbocycles. The van der Waals surface area contributed by atoms with Gasteiger partial charge in [-0.2, -0.15) is 5.10 Å². The third-order valence-corrected chi connectivity index (χ3v) is 4.20. The lowest BCUT2D eigenvalue weighted by atomic mass is 10.1. The highest BCUT2D eigenvalue weighted by molar-refractivity contribution is 6.33. The highest BCUT2D eigenvalue weighted by Crippen LogP contribution is 2.30. The summed E-state index contributed by atoms with van der Waals surface area (Å²) in [7, 11) is 1.31. The molecular formula is C21H17ClN2O4. The molecule has 1 N–H and O–H groups in total. The summed E-state index contributed by atoms with van der Waals surface area (Å²) < 4.78 is 10.4. The lowest BCUT2D eigenvalue weighted by molar-refractivity contribution is -0.120. The molecule has 1 amide bonds. The van der Waals surface area contributed by atoms with Crippen LogP contribution in [0.3, 0.4) is 0 Å². The molecule has 0 spiro atoms. The summed E-state index contributed by atoms with van der Waals surface area (Å²) >= 11 is 6.21. The first-order valence-corrected chi connectivity index (χ1v) is 8.78. The summed E-state index contributed by atoms with van der Waals surface area (Å²) in [4.78, 5) is 23.6. The van der Waals surface area contributed by atoms with Crippen LogP contribution in [0.4, 0.5) is 0 Å². The fourth-order valence-electron chi connectivity index (χ4n) is 2.51. The van der Waals surface area contributed by atoms with Crippen molar-refractivity contribution in [1.82, 2.24) is 5.43 Å². The highest BCUT2D eigenvalue weighted by atomic mass is 35.5. The predicted molar refractivity (Wildman–Crippen MR) is 106 cm³/mol. The molecule has 6 nitrogen and oxygen atoms in total. The second-order valence-corrected chi connectivity index (χ2v) is 6.25. The van der Waals surface area contributed by atoms with Crippen molar-refractivity contribution in [3.8, 4) is 11.3 Å². The highest BCUT2D eigenvalue weighted by Gasteiger charge is 2.13. The Hall–Kier alpha value is -3.38. The van der Waals surface area contributed by atoms with Crippen LogP contribution in [0.15, 0.2) is 70.2 Å². The maximum atomic E-state index is 11.9. The molecule has 0 radical (unpaired) electrons. The SMILES string of the molecule is COC(=O)c1ccc(Cl)c(-c2ccc(/C=N\NC(=O)Cc3ccccc3)o2)c1. The molecule has 1 aromatic heterocycles. The number of carbonyl (C=O) groups is 2. The van der Waals surface area contributed by atoms with Gasteiger partial charge in [0.2, 0.25) is 5.91 Å². The number of rotatable bonds is 6. The summed E-state index contributed by atoms with van der Waals surface area (Å²) in [6, 6.07) is 17.5. The molecule has 1 heterocycles. The van der Waals surface area contributed by atoms with Crippen LogP contribution in [0.1, 0.15) is 21.7 Å². The number of carbonyl (C=O) groups excluding carboxylic acids is 2. The number of furan rings is 1. The topological polar surface area (TPSA) is 80.9 Å². The van der Waals surface area contributed by atoms with E-state index in [-0.39, 0.29) is 12.3 Å². The largest absolute Gasteiger partial charge is 0.465 e. The third kappa shape index (κ3) is 4.86. The van der Waals surface area contributed by atoms with Crippen LogP contribution in [0, 0.1) is 0 Å². The number of hydrogen-bond acceptors (Lipinski definition) is 5. The number of methoxy groups -OCH3 is 1. The van der Waals surface area contributed by atoms with Crippen molar-refractivity contribution >= 4 is 29.7 Å². The van der Waals surface area contributed by atoms with Crippen molar-refractivity contribution < 1.29 is 18.7 Å². The maximum absolute atomic E-state index is 11.9. The number of halogens is 1. The zero-order chi connectivity index (χ0) is 19.9. The number of ether oxygens (including phenoxy) is 1. The van der Waals surface area contributed by atoms with Crippen LogP contribution in [-0.2, 0) is 16.0 Å². The first-order chi connectivity index (χ1) is 13.6. The van der Waals surface area contributed by atoms with E-state index in [0.717, 1.165) is 5.56 Å². The van der Waals surface area contributed by atoms with E-state index in [1.54, 1.807) is 30.3 Å². The second kappa shape index (κ2) is 9.01. The molecule has 28 heavy (non-hydrogen) atoms. The minimum absolute atomic E-state index is 0.233. The number of amides is 1. The summed E-state index contributed by atoms with van der Waals surface area (Å²) in [6.45, 7) is 0. The van der Waals surface area contributed by atoms with Crippen LogP contribution in [0.25, 0.3) is 11.3 Å². The number of benzene rings is 2. The van der Waals surface area contributed by atoms with Gasteiger partial charge in [0.1, 0.15) is 11.5 Å². The van der Waals surface area contributed by atoms with E-state index in [1.807, 2.05) is 30.3 Å². The molecule has 0 saturated heterocycles. The van der Waals surface area contributed by atoms with Gasteiger partial charge in [0.15, 0.2) is 0 Å². The van der Waals surface area contributed by atoms with Crippen LogP contribution in [-0.4, -0.2) is 25.2 Å². The van der Waals surface area contributed by atoms with E-state index in [0.29, 0.717) is 27.7 Å². The minimum Gasteiger partial charge on any atom is -0.465 e. The van der Waals surface area contributed by atoms with Crippen molar-refractivity contribution in [1.29, 1.82) is 0 Å². The van der Waals surface area contributed by atoms with Gasteiger partial charge in [0.05, 0.1) is 30.3 Å². The number of hydrazone groups is 1. The van der Waals surface area contributed by atoms with Gasteiger partial charge in [-0.25, -0.2) is 10.2 Å². The van der Waals surface area contributed by atoms with E-state index in [2.05, 4.69) is 10.5 Å². The molecular weight excluding hydrogens is 380 g/mol. The monoisotopic (exact) mass is 396 g/mol. The molecule has 3 rings (SSSR count). The number of nitrogens with zero attached hydrogens (tertiary/aromatic N) is 1. The summed E-state index contributed by atoms with van der Waals surface area (Å²) in [5.41, 5.74) is 4.27. The standard InChI is InChI=1S/C21H17ClN2O4/c1-27-21(26)15-7-9-18(22)17(12-15)19-10-8-16(28-19)13-23-24-20(25)11-14-5-3-2-4-6-14/h2-10,12-13H,11H2,1H3,(H,24,25)/b23-13-. The third-order valence-electron chi connectivity index (χ3n) is 3.87. The van der Waals surface area contributed by atoms with Gasteiger partial charge in [0, 0.05) is 5.56 Å². The van der Waals surface area contributed by atoms with E-state index in [4.69, 9.17) is 20.8 Å². The Labute approximate surface area is 166 Å². The second-order valence-electron chi connectivity index (χ2n) is 5.84. The zero-order valence-corrected chi connectivity index (χ0v) is 15.8. The maximum Gasteiger partial charge on any atom is 0.337 e. The number of nitrogens with one attached hydrogen (secondary N) is 1. The molecule has 3 aromatic rings. The van der Waals surface area contributed by atoms with Crippen LogP contribution >= 0.6 is 11.6 Å². The Morgan fingerprint density at radius 2 is 1.93 bits per heavy atom. The molecule has 142 valence electrons. The first kappa shape index (κ1) is 19.4. The van der Waals surface area contributed by atoms with Crippen LogP contribution < -0.4 is 5.43 Å². The Balaban J connectivity index is 1.66. The molecule has 7 heteroatoms. The van der Waals surface area contributed by atoms with Crippen LogP contribution in [0.5, 0.6) is 0 Å². The summed E-state index contributed by atoms with van der Waals surface area (Å²) in [6.07, 6.45) is 1.63. The Morgan fingerprint density at radius 1 is 1.14 bits per heavy atom. The Morgan fingerprint density at radius 3 is 2.68 bits per heavy atom. The Kier molecular flexibility index (Phi) is 6.24. The average Bonchev–Trinajstić information content (AvgIpc) is 3.17.